The molecule has 214 valence electrons. The molecule has 5 rings (SSSR count). The summed E-state index contributed by atoms with van der Waals surface area (Å²) in [6, 6.07) is 12.7. The predicted octanol–water partition coefficient (Wildman–Crippen LogP) is 10.9. The molecule has 0 aromatic heterocycles. The van der Waals surface area contributed by atoms with Gasteiger partial charge in [-0.15, -0.1) is 0 Å². The van der Waals surface area contributed by atoms with Gasteiger partial charge in [-0.1, -0.05) is 69.0 Å². The van der Waals surface area contributed by atoms with Crippen LogP contribution in [-0.2, 0) is 0 Å². The van der Waals surface area contributed by atoms with E-state index in [0.717, 1.165) is 43.4 Å². The van der Waals surface area contributed by atoms with E-state index in [-0.39, 0.29) is 29.4 Å². The highest BCUT2D eigenvalue weighted by atomic mass is 19.2. The Kier molecular flexibility index (Phi) is 9.17. The van der Waals surface area contributed by atoms with Gasteiger partial charge in [0, 0.05) is 11.1 Å². The molecule has 2 fully saturated rings. The lowest BCUT2D eigenvalue weighted by Gasteiger charge is -2.38. The Morgan fingerprint density at radius 1 is 0.600 bits per heavy atom. The van der Waals surface area contributed by atoms with Gasteiger partial charge in [0.15, 0.2) is 23.2 Å². The molecule has 2 saturated carbocycles. The normalized spacial score (nSPS) is 23.2. The van der Waals surface area contributed by atoms with E-state index >= 15 is 8.78 Å². The molecule has 0 heterocycles. The Labute approximate surface area is 236 Å². The third kappa shape index (κ3) is 5.94. The first-order chi connectivity index (χ1) is 19.4. The van der Waals surface area contributed by atoms with E-state index in [2.05, 4.69) is 6.92 Å². The van der Waals surface area contributed by atoms with Crippen molar-refractivity contribution >= 4 is 0 Å². The fraction of sp³-hybridized carbons (Fsp3) is 0.486. The van der Waals surface area contributed by atoms with Crippen molar-refractivity contribution in [1.82, 2.24) is 0 Å². The third-order valence-corrected chi connectivity index (χ3v) is 9.43. The number of ether oxygens (including phenoxy) is 1. The van der Waals surface area contributed by atoms with Gasteiger partial charge in [-0.2, -0.15) is 4.39 Å². The Morgan fingerprint density at radius 2 is 1.12 bits per heavy atom. The number of hydrogen-bond acceptors (Lipinski definition) is 1. The van der Waals surface area contributed by atoms with E-state index in [1.165, 1.54) is 50.7 Å². The van der Waals surface area contributed by atoms with Crippen LogP contribution in [0.15, 0.2) is 48.5 Å². The molecular formula is C35H40F4O. The largest absolute Gasteiger partial charge is 0.491 e. The highest BCUT2D eigenvalue weighted by molar-refractivity contribution is 5.72. The van der Waals surface area contributed by atoms with Crippen LogP contribution < -0.4 is 4.74 Å². The predicted molar refractivity (Wildman–Crippen MR) is 153 cm³/mol. The van der Waals surface area contributed by atoms with Gasteiger partial charge in [0.2, 0.25) is 5.82 Å². The highest BCUT2D eigenvalue weighted by Gasteiger charge is 2.32. The smallest absolute Gasteiger partial charge is 0.201 e. The Balaban J connectivity index is 1.25. The summed E-state index contributed by atoms with van der Waals surface area (Å²) >= 11 is 0. The molecule has 0 amide bonds. The maximum absolute atomic E-state index is 15.4. The topological polar surface area (TPSA) is 9.23 Å². The van der Waals surface area contributed by atoms with E-state index in [1.807, 2.05) is 0 Å². The standard InChI is InChI=1S/C35H40F4O/c1-3-5-22-6-8-23(9-7-22)24-10-12-25(13-11-24)28-18-19-29(33(37)32(28)36)26-14-16-27(17-15-26)30-20-21-31(40-4-2)35(39)34(30)38/h14-25H,3-13H2,1-2H3. The van der Waals surface area contributed by atoms with E-state index in [0.29, 0.717) is 16.7 Å². The van der Waals surface area contributed by atoms with Gasteiger partial charge >= 0.3 is 0 Å². The second kappa shape index (κ2) is 12.8. The van der Waals surface area contributed by atoms with Crippen LogP contribution >= 0.6 is 0 Å². The van der Waals surface area contributed by atoms with E-state index in [1.54, 1.807) is 43.3 Å². The van der Waals surface area contributed by atoms with Gasteiger partial charge in [-0.3, -0.25) is 0 Å². The van der Waals surface area contributed by atoms with E-state index in [4.69, 9.17) is 4.74 Å². The molecule has 0 radical (unpaired) electrons. The monoisotopic (exact) mass is 552 g/mol. The van der Waals surface area contributed by atoms with Crippen LogP contribution in [0.4, 0.5) is 17.6 Å². The number of benzene rings is 3. The Morgan fingerprint density at radius 3 is 1.68 bits per heavy atom. The van der Waals surface area contributed by atoms with Crippen molar-refractivity contribution in [2.24, 2.45) is 17.8 Å². The van der Waals surface area contributed by atoms with Crippen molar-refractivity contribution in [2.45, 2.75) is 84.0 Å². The molecule has 0 saturated heterocycles. The number of hydrogen-bond donors (Lipinski definition) is 0. The first-order valence-corrected chi connectivity index (χ1v) is 15.1. The third-order valence-electron chi connectivity index (χ3n) is 9.43. The van der Waals surface area contributed by atoms with Crippen LogP contribution in [-0.4, -0.2) is 6.61 Å². The quantitative estimate of drug-likeness (QED) is 0.253. The highest BCUT2D eigenvalue weighted by Crippen LogP contribution is 2.45. The zero-order valence-corrected chi connectivity index (χ0v) is 23.6. The fourth-order valence-corrected chi connectivity index (χ4v) is 7.21. The van der Waals surface area contributed by atoms with Crippen LogP contribution in [0.5, 0.6) is 5.75 Å². The first kappa shape index (κ1) is 28.7. The summed E-state index contributed by atoms with van der Waals surface area (Å²) in [4.78, 5) is 0. The average molecular weight is 553 g/mol. The minimum absolute atomic E-state index is 0.0520. The summed E-state index contributed by atoms with van der Waals surface area (Å²) in [6.45, 7) is 4.20. The average Bonchev–Trinajstić information content (AvgIpc) is 2.98. The van der Waals surface area contributed by atoms with Crippen molar-refractivity contribution < 1.29 is 22.3 Å². The van der Waals surface area contributed by atoms with Crippen molar-refractivity contribution in [2.75, 3.05) is 6.61 Å². The van der Waals surface area contributed by atoms with Gasteiger partial charge < -0.3 is 4.74 Å². The molecule has 0 N–H and O–H groups in total. The molecule has 1 nitrogen and oxygen atoms in total. The molecule has 3 aromatic carbocycles. The molecular weight excluding hydrogens is 512 g/mol. The molecule has 0 bridgehead atoms. The van der Waals surface area contributed by atoms with Crippen molar-refractivity contribution in [3.05, 3.63) is 77.4 Å². The Hall–Kier alpha value is -2.82. The van der Waals surface area contributed by atoms with Gasteiger partial charge in [0.25, 0.3) is 0 Å². The fourth-order valence-electron chi connectivity index (χ4n) is 7.21. The lowest BCUT2D eigenvalue weighted by molar-refractivity contribution is 0.156. The number of rotatable bonds is 8. The SMILES string of the molecule is CCCC1CCC(C2CCC(c3ccc(-c4ccc(-c5ccc(OCC)c(F)c5F)cc4)c(F)c3F)CC2)CC1. The van der Waals surface area contributed by atoms with Crippen LogP contribution in [0.3, 0.4) is 0 Å². The summed E-state index contributed by atoms with van der Waals surface area (Å²) in [6.07, 6.45) is 12.0. The molecule has 3 aromatic rings. The minimum atomic E-state index is -1.04. The van der Waals surface area contributed by atoms with Crippen molar-refractivity contribution in [3.63, 3.8) is 0 Å². The van der Waals surface area contributed by atoms with Gasteiger partial charge in [0.1, 0.15) is 0 Å². The molecule has 0 aliphatic heterocycles. The van der Waals surface area contributed by atoms with Crippen molar-refractivity contribution in [1.29, 1.82) is 0 Å². The molecule has 2 aliphatic rings. The van der Waals surface area contributed by atoms with Crippen LogP contribution in [0.2, 0.25) is 0 Å². The van der Waals surface area contributed by atoms with Crippen LogP contribution in [0.25, 0.3) is 22.3 Å². The van der Waals surface area contributed by atoms with Gasteiger partial charge in [-0.05, 0) is 97.9 Å². The van der Waals surface area contributed by atoms with Gasteiger partial charge in [0.05, 0.1) is 6.61 Å². The summed E-state index contributed by atoms with van der Waals surface area (Å²) in [5.74, 6) is -1.31. The number of halogens is 4. The summed E-state index contributed by atoms with van der Waals surface area (Å²) in [5, 5.41) is 0. The summed E-state index contributed by atoms with van der Waals surface area (Å²) in [7, 11) is 0. The lowest BCUT2D eigenvalue weighted by Crippen LogP contribution is -2.25. The molecule has 0 spiro atoms. The van der Waals surface area contributed by atoms with E-state index < -0.39 is 23.3 Å². The molecule has 0 atom stereocenters. The molecule has 2 aliphatic carbocycles. The zero-order valence-electron chi connectivity index (χ0n) is 23.6. The van der Waals surface area contributed by atoms with Gasteiger partial charge in [-0.25, -0.2) is 13.2 Å². The second-order valence-corrected chi connectivity index (χ2v) is 11.8. The molecule has 5 heteroatoms. The minimum Gasteiger partial charge on any atom is -0.491 e. The zero-order chi connectivity index (χ0) is 28.2. The van der Waals surface area contributed by atoms with Crippen molar-refractivity contribution in [3.8, 4) is 28.0 Å². The first-order valence-electron chi connectivity index (χ1n) is 15.1. The second-order valence-electron chi connectivity index (χ2n) is 11.8. The molecule has 40 heavy (non-hydrogen) atoms. The lowest BCUT2D eigenvalue weighted by atomic mass is 9.68. The maximum atomic E-state index is 15.4. The Bertz CT molecular complexity index is 1290. The van der Waals surface area contributed by atoms with Crippen LogP contribution in [0, 0.1) is 41.0 Å². The summed E-state index contributed by atoms with van der Waals surface area (Å²) < 4.78 is 64.8. The maximum Gasteiger partial charge on any atom is 0.201 e. The van der Waals surface area contributed by atoms with Crippen LogP contribution in [0.1, 0.15) is 89.5 Å². The molecule has 0 unspecified atom stereocenters. The summed E-state index contributed by atoms with van der Waals surface area (Å²) in [5.41, 5.74) is 1.66. The van der Waals surface area contributed by atoms with E-state index in [9.17, 15) is 8.78 Å².